The summed E-state index contributed by atoms with van der Waals surface area (Å²) in [6.45, 7) is 1.93. The molecule has 0 aromatic heterocycles. The highest BCUT2D eigenvalue weighted by atomic mass is 32.2. The Kier molecular flexibility index (Phi) is 7.17. The number of carbonyl (C=O) groups is 1. The smallest absolute Gasteiger partial charge is 0.280 e. The van der Waals surface area contributed by atoms with Crippen molar-refractivity contribution in [1.82, 2.24) is 4.90 Å². The number of benzene rings is 3. The van der Waals surface area contributed by atoms with E-state index < -0.39 is 4.92 Å². The van der Waals surface area contributed by atoms with Crippen LogP contribution in [0, 0.1) is 10.1 Å². The Hall–Kier alpha value is -4.11. The number of amides is 1. The molecule has 0 radical (unpaired) electrons. The summed E-state index contributed by atoms with van der Waals surface area (Å²) in [4.78, 5) is 31.5. The van der Waals surface area contributed by atoms with Crippen LogP contribution in [0.4, 0.5) is 11.4 Å². The number of aliphatic imine (C=N–C) groups is 1. The first-order valence-electron chi connectivity index (χ1n) is 10.7. The van der Waals surface area contributed by atoms with E-state index in [9.17, 15) is 14.9 Å². The third-order valence-electron chi connectivity index (χ3n) is 5.50. The quantitative estimate of drug-likeness (QED) is 0.230. The lowest BCUT2D eigenvalue weighted by Crippen LogP contribution is -2.32. The Balaban J connectivity index is 1.82. The lowest BCUT2D eigenvalue weighted by molar-refractivity contribution is -0.385. The molecule has 0 saturated carbocycles. The van der Waals surface area contributed by atoms with Gasteiger partial charge in [-0.05, 0) is 48.5 Å². The van der Waals surface area contributed by atoms with Crippen molar-refractivity contribution >= 4 is 40.3 Å². The van der Waals surface area contributed by atoms with Crippen LogP contribution in [-0.4, -0.2) is 35.1 Å². The second-order valence-corrected chi connectivity index (χ2v) is 8.63. The van der Waals surface area contributed by atoms with Gasteiger partial charge in [0.05, 0.1) is 47.4 Å². The molecule has 8 nitrogen and oxygen atoms in total. The van der Waals surface area contributed by atoms with Gasteiger partial charge in [-0.2, -0.15) is 0 Å². The summed E-state index contributed by atoms with van der Waals surface area (Å²) in [6, 6.07) is 21.5. The average Bonchev–Trinajstić information content (AvgIpc) is 3.18. The molecule has 0 bridgehead atoms. The summed E-state index contributed by atoms with van der Waals surface area (Å²) in [5, 5.41) is 12.3. The maximum absolute atomic E-state index is 13.6. The Morgan fingerprint density at radius 1 is 1.00 bits per heavy atom. The molecule has 0 unspecified atom stereocenters. The van der Waals surface area contributed by atoms with Crippen molar-refractivity contribution in [1.29, 1.82) is 0 Å². The van der Waals surface area contributed by atoms with Crippen molar-refractivity contribution in [2.45, 2.75) is 13.0 Å². The predicted molar refractivity (Wildman–Crippen MR) is 137 cm³/mol. The molecule has 35 heavy (non-hydrogen) atoms. The molecule has 178 valence electrons. The van der Waals surface area contributed by atoms with Gasteiger partial charge in [0.1, 0.15) is 0 Å². The first-order valence-corrected chi connectivity index (χ1v) is 11.6. The number of nitro groups is 1. The molecule has 0 spiro atoms. The van der Waals surface area contributed by atoms with E-state index in [1.165, 1.54) is 44.2 Å². The number of hydrogen-bond donors (Lipinski definition) is 0. The van der Waals surface area contributed by atoms with Crippen LogP contribution in [-0.2, 0) is 4.79 Å². The van der Waals surface area contributed by atoms with Crippen LogP contribution in [0.25, 0.3) is 6.08 Å². The summed E-state index contributed by atoms with van der Waals surface area (Å²) in [7, 11) is 2.86. The fourth-order valence-corrected chi connectivity index (χ4v) is 4.76. The second-order valence-electron chi connectivity index (χ2n) is 7.63. The maximum Gasteiger partial charge on any atom is 0.280 e. The molecule has 3 aromatic rings. The number of ether oxygens (including phenoxy) is 2. The molecule has 0 N–H and O–H groups in total. The van der Waals surface area contributed by atoms with E-state index in [1.54, 1.807) is 4.90 Å². The highest BCUT2D eigenvalue weighted by Crippen LogP contribution is 2.41. The van der Waals surface area contributed by atoms with E-state index in [0.717, 1.165) is 5.56 Å². The van der Waals surface area contributed by atoms with Crippen molar-refractivity contribution in [3.63, 3.8) is 0 Å². The number of nitro benzene ring substituents is 1. The average molecular weight is 490 g/mol. The van der Waals surface area contributed by atoms with Gasteiger partial charge in [-0.25, -0.2) is 4.99 Å². The van der Waals surface area contributed by atoms with Crippen LogP contribution in [0.3, 0.4) is 0 Å². The van der Waals surface area contributed by atoms with Gasteiger partial charge in [-0.15, -0.1) is 0 Å². The van der Waals surface area contributed by atoms with Crippen molar-refractivity contribution in [2.75, 3.05) is 14.2 Å². The highest BCUT2D eigenvalue weighted by molar-refractivity contribution is 8.18. The molecular formula is C26H23N3O5S. The monoisotopic (exact) mass is 489 g/mol. The Labute approximate surface area is 207 Å². The largest absolute Gasteiger partial charge is 0.493 e. The Morgan fingerprint density at radius 3 is 2.20 bits per heavy atom. The molecule has 1 aliphatic heterocycles. The SMILES string of the molecule is COc1cc(/C=C2/SC(=Nc3ccccc3)N([C@@H](C)c3ccccc3)C2=O)c([N+](=O)[O-])cc1OC. The van der Waals surface area contributed by atoms with E-state index in [2.05, 4.69) is 0 Å². The number of methoxy groups -OCH3 is 2. The Bertz CT molecular complexity index is 1310. The number of rotatable bonds is 7. The first-order chi connectivity index (χ1) is 16.9. The van der Waals surface area contributed by atoms with Crippen LogP contribution >= 0.6 is 11.8 Å². The van der Waals surface area contributed by atoms with Crippen LogP contribution in [0.1, 0.15) is 24.1 Å². The second kappa shape index (κ2) is 10.4. The molecule has 1 atom stereocenters. The number of hydrogen-bond acceptors (Lipinski definition) is 7. The van der Waals surface area contributed by atoms with Gasteiger partial charge >= 0.3 is 0 Å². The summed E-state index contributed by atoms with van der Waals surface area (Å²) in [5.41, 5.74) is 1.68. The van der Waals surface area contributed by atoms with E-state index >= 15 is 0 Å². The van der Waals surface area contributed by atoms with Crippen molar-refractivity contribution < 1.29 is 19.2 Å². The van der Waals surface area contributed by atoms with Gasteiger partial charge in [-0.3, -0.25) is 19.8 Å². The van der Waals surface area contributed by atoms with E-state index in [4.69, 9.17) is 14.5 Å². The molecular weight excluding hydrogens is 466 g/mol. The van der Waals surface area contributed by atoms with Crippen LogP contribution in [0.2, 0.25) is 0 Å². The third kappa shape index (κ3) is 5.04. The molecule has 1 amide bonds. The zero-order valence-corrected chi connectivity index (χ0v) is 20.2. The summed E-state index contributed by atoms with van der Waals surface area (Å²) < 4.78 is 10.5. The lowest BCUT2D eigenvalue weighted by atomic mass is 10.1. The maximum atomic E-state index is 13.6. The van der Waals surface area contributed by atoms with Crippen LogP contribution in [0.5, 0.6) is 11.5 Å². The normalized spacial score (nSPS) is 16.5. The van der Waals surface area contributed by atoms with Gasteiger partial charge in [0.2, 0.25) is 0 Å². The van der Waals surface area contributed by atoms with Gasteiger partial charge < -0.3 is 9.47 Å². The number of nitrogens with zero attached hydrogens (tertiary/aromatic N) is 3. The van der Waals surface area contributed by atoms with Crippen molar-refractivity contribution in [2.24, 2.45) is 4.99 Å². The molecule has 9 heteroatoms. The predicted octanol–water partition coefficient (Wildman–Crippen LogP) is 5.98. The van der Waals surface area contributed by atoms with E-state index in [-0.39, 0.29) is 28.9 Å². The summed E-state index contributed by atoms with van der Waals surface area (Å²) >= 11 is 1.18. The minimum atomic E-state index is -0.512. The van der Waals surface area contributed by atoms with Crippen LogP contribution < -0.4 is 9.47 Å². The van der Waals surface area contributed by atoms with Gasteiger partial charge in [0, 0.05) is 0 Å². The molecule has 4 rings (SSSR count). The topological polar surface area (TPSA) is 94.3 Å². The molecule has 0 aliphatic carbocycles. The zero-order chi connectivity index (χ0) is 24.9. The lowest BCUT2D eigenvalue weighted by Gasteiger charge is -2.24. The minimum Gasteiger partial charge on any atom is -0.493 e. The molecule has 1 heterocycles. The third-order valence-corrected chi connectivity index (χ3v) is 6.49. The zero-order valence-electron chi connectivity index (χ0n) is 19.4. The van der Waals surface area contributed by atoms with Crippen LogP contribution in [0.15, 0.2) is 82.7 Å². The number of thioether (sulfide) groups is 1. The van der Waals surface area contributed by atoms with Crippen molar-refractivity contribution in [3.05, 3.63) is 98.9 Å². The molecule has 1 saturated heterocycles. The van der Waals surface area contributed by atoms with Crippen molar-refractivity contribution in [3.8, 4) is 11.5 Å². The molecule has 1 aliphatic rings. The minimum absolute atomic E-state index is 0.195. The fraction of sp³-hybridized carbons (Fsp3) is 0.154. The number of amidine groups is 1. The number of carbonyl (C=O) groups excluding carboxylic acids is 1. The van der Waals surface area contributed by atoms with E-state index in [0.29, 0.717) is 21.5 Å². The highest BCUT2D eigenvalue weighted by Gasteiger charge is 2.37. The fourth-order valence-electron chi connectivity index (χ4n) is 3.70. The Morgan fingerprint density at radius 2 is 1.60 bits per heavy atom. The molecule has 3 aromatic carbocycles. The van der Waals surface area contributed by atoms with Gasteiger partial charge in [-0.1, -0.05) is 48.5 Å². The molecule has 1 fully saturated rings. The van der Waals surface area contributed by atoms with Gasteiger partial charge in [0.25, 0.3) is 11.6 Å². The first kappa shape index (κ1) is 24.0. The summed E-state index contributed by atoms with van der Waals surface area (Å²) in [5.74, 6) is 0.274. The summed E-state index contributed by atoms with van der Waals surface area (Å²) in [6.07, 6.45) is 1.51. The van der Waals surface area contributed by atoms with Gasteiger partial charge in [0.15, 0.2) is 16.7 Å². The number of para-hydroxylation sites is 1. The standard InChI is InChI=1S/C26H23N3O5S/c1-17(18-10-6-4-7-11-18)28-25(30)24(35-26(28)27-20-12-8-5-9-13-20)15-19-14-22(33-2)23(34-3)16-21(19)29(31)32/h4-17H,1-3H3/b24-15+,27-26?/t17-/m0/s1. The van der Waals surface area contributed by atoms with E-state index in [1.807, 2.05) is 67.6 Å².